The molecule has 1 aliphatic rings. The van der Waals surface area contributed by atoms with Crippen molar-refractivity contribution in [3.8, 4) is 6.07 Å². The number of nitriles is 1. The minimum absolute atomic E-state index is 0.0230. The number of halogens is 1. The van der Waals surface area contributed by atoms with Gasteiger partial charge in [0.15, 0.2) is 11.3 Å². The predicted octanol–water partition coefficient (Wildman–Crippen LogP) is 5.22. The van der Waals surface area contributed by atoms with Gasteiger partial charge in [0.05, 0.1) is 26.0 Å². The fraction of sp³-hybridized carbons (Fsp3) is 0.357. The van der Waals surface area contributed by atoms with Gasteiger partial charge < -0.3 is 14.2 Å². The number of alkyl halides is 1. The number of nitrogens with zero attached hydrogens (tertiary/aromatic N) is 5. The predicted molar refractivity (Wildman–Crippen MR) is 147 cm³/mol. The molecule has 4 aromatic rings. The zero-order chi connectivity index (χ0) is 27.5. The van der Waals surface area contributed by atoms with E-state index in [9.17, 15) is 5.26 Å². The standard InChI is InChI=1S/C28H28FN5O3S2/c1-27(29)23(36-16-20-12-8-5-9-13-20)21(17-35-15-19-10-6-4-7-11-19)37-28(27,18-30)22-14-31-24-25(38-2)32-26(39-3)33-34(22)24/h4-14,21,23H,15-17H2,1-3H3/t21-,23-,27-,28?/m1/s1. The third-order valence-corrected chi connectivity index (χ3v) is 7.96. The summed E-state index contributed by atoms with van der Waals surface area (Å²) in [6.45, 7) is 1.82. The molecule has 0 aliphatic carbocycles. The first kappa shape index (κ1) is 27.6. The smallest absolute Gasteiger partial charge is 0.235 e. The SMILES string of the molecule is CSc1nc(SC)c2ncc(C3(C#N)O[C@H](COCc4ccccc4)[C@@H](OCc4ccccc4)[C@@]3(C)F)n2n1. The van der Waals surface area contributed by atoms with E-state index in [4.69, 9.17) is 14.2 Å². The number of rotatable bonds is 10. The van der Waals surface area contributed by atoms with Gasteiger partial charge in [0, 0.05) is 0 Å². The minimum Gasteiger partial charge on any atom is -0.374 e. The van der Waals surface area contributed by atoms with Gasteiger partial charge in [0.25, 0.3) is 0 Å². The van der Waals surface area contributed by atoms with Crippen LogP contribution in [0.25, 0.3) is 5.65 Å². The second-order valence-corrected chi connectivity index (χ2v) is 10.8. The molecule has 5 rings (SSSR count). The van der Waals surface area contributed by atoms with Crippen molar-refractivity contribution < 1.29 is 18.6 Å². The zero-order valence-corrected chi connectivity index (χ0v) is 23.4. The highest BCUT2D eigenvalue weighted by Crippen LogP contribution is 2.51. The average molecular weight is 566 g/mol. The average Bonchev–Trinajstić information content (AvgIpc) is 3.48. The van der Waals surface area contributed by atoms with Crippen LogP contribution in [-0.2, 0) is 33.0 Å². The maximum absolute atomic E-state index is 17.1. The molecular weight excluding hydrogens is 537 g/mol. The summed E-state index contributed by atoms with van der Waals surface area (Å²) in [5.41, 5.74) is -1.89. The summed E-state index contributed by atoms with van der Waals surface area (Å²) in [5, 5.41) is 16.2. The highest BCUT2D eigenvalue weighted by atomic mass is 32.2. The van der Waals surface area contributed by atoms with Gasteiger partial charge in [-0.1, -0.05) is 72.4 Å². The molecule has 202 valence electrons. The van der Waals surface area contributed by atoms with Crippen molar-refractivity contribution in [2.75, 3.05) is 19.1 Å². The topological polar surface area (TPSA) is 94.6 Å². The Bertz CT molecular complexity index is 1460. The van der Waals surface area contributed by atoms with Crippen molar-refractivity contribution in [1.29, 1.82) is 5.26 Å². The summed E-state index contributed by atoms with van der Waals surface area (Å²) in [6.07, 6.45) is 3.18. The highest BCUT2D eigenvalue weighted by Gasteiger charge is 2.68. The number of imidazole rings is 1. The number of ether oxygens (including phenoxy) is 3. The van der Waals surface area contributed by atoms with Gasteiger partial charge in [-0.3, -0.25) is 0 Å². The van der Waals surface area contributed by atoms with Crippen LogP contribution >= 0.6 is 23.5 Å². The molecule has 4 atom stereocenters. The van der Waals surface area contributed by atoms with Crippen molar-refractivity contribution in [2.45, 2.75) is 53.8 Å². The van der Waals surface area contributed by atoms with Gasteiger partial charge in [-0.2, -0.15) is 5.26 Å². The number of aromatic nitrogens is 4. The summed E-state index contributed by atoms with van der Waals surface area (Å²) in [4.78, 5) is 8.95. The van der Waals surface area contributed by atoms with E-state index in [1.54, 1.807) is 0 Å². The Kier molecular flexibility index (Phi) is 8.21. The molecule has 8 nitrogen and oxygen atoms in total. The van der Waals surface area contributed by atoms with Gasteiger partial charge in [0.2, 0.25) is 10.8 Å². The lowest BCUT2D eigenvalue weighted by Crippen LogP contribution is -2.49. The maximum Gasteiger partial charge on any atom is 0.235 e. The first-order valence-electron chi connectivity index (χ1n) is 12.3. The van der Waals surface area contributed by atoms with E-state index >= 15 is 4.39 Å². The third kappa shape index (κ3) is 5.15. The van der Waals surface area contributed by atoms with Gasteiger partial charge >= 0.3 is 0 Å². The molecule has 1 fully saturated rings. The second kappa shape index (κ2) is 11.6. The van der Waals surface area contributed by atoms with E-state index in [2.05, 4.69) is 21.1 Å². The van der Waals surface area contributed by atoms with Crippen LogP contribution in [0.5, 0.6) is 0 Å². The molecule has 11 heteroatoms. The van der Waals surface area contributed by atoms with Crippen LogP contribution < -0.4 is 0 Å². The summed E-state index contributed by atoms with van der Waals surface area (Å²) in [6, 6.07) is 21.3. The summed E-state index contributed by atoms with van der Waals surface area (Å²) in [5.74, 6) is 0. The molecule has 1 saturated heterocycles. The Morgan fingerprint density at radius 1 is 1.05 bits per heavy atom. The number of hydrogen-bond donors (Lipinski definition) is 0. The number of fused-ring (bicyclic) bond motifs is 1. The van der Waals surface area contributed by atoms with Crippen LogP contribution in [0.1, 0.15) is 23.7 Å². The molecule has 2 aromatic heterocycles. The molecular formula is C28H28FN5O3S2. The van der Waals surface area contributed by atoms with Crippen LogP contribution in [0, 0.1) is 11.3 Å². The monoisotopic (exact) mass is 565 g/mol. The van der Waals surface area contributed by atoms with Crippen LogP contribution in [0.15, 0.2) is 77.0 Å². The molecule has 0 spiro atoms. The van der Waals surface area contributed by atoms with E-state index < -0.39 is 23.5 Å². The van der Waals surface area contributed by atoms with E-state index in [1.165, 1.54) is 41.2 Å². The van der Waals surface area contributed by atoms with E-state index in [0.717, 1.165) is 11.1 Å². The molecule has 0 saturated carbocycles. The first-order chi connectivity index (χ1) is 18.9. The van der Waals surface area contributed by atoms with Gasteiger partial charge in [-0.15, -0.1) is 16.9 Å². The largest absolute Gasteiger partial charge is 0.374 e. The van der Waals surface area contributed by atoms with E-state index in [-0.39, 0.29) is 18.9 Å². The number of thioether (sulfide) groups is 2. The lowest BCUT2D eigenvalue weighted by Gasteiger charge is -2.32. The Balaban J connectivity index is 1.52. The van der Waals surface area contributed by atoms with Crippen molar-refractivity contribution in [3.05, 3.63) is 83.7 Å². The van der Waals surface area contributed by atoms with Gasteiger partial charge in [0.1, 0.15) is 29.0 Å². The summed E-state index contributed by atoms with van der Waals surface area (Å²) >= 11 is 2.74. The molecule has 1 unspecified atom stereocenters. The Hall–Kier alpha value is -3.01. The summed E-state index contributed by atoms with van der Waals surface area (Å²) in [7, 11) is 0. The maximum atomic E-state index is 17.1. The molecule has 1 aliphatic heterocycles. The number of benzene rings is 2. The van der Waals surface area contributed by atoms with Crippen LogP contribution in [0.3, 0.4) is 0 Å². The fourth-order valence-corrected chi connectivity index (χ4v) is 5.67. The van der Waals surface area contributed by atoms with Crippen molar-refractivity contribution in [3.63, 3.8) is 0 Å². The number of hydrogen-bond acceptors (Lipinski definition) is 9. The lowest BCUT2D eigenvalue weighted by atomic mass is 9.82. The molecule has 0 radical (unpaired) electrons. The normalized spacial score (nSPS) is 24.7. The third-order valence-electron chi connectivity index (χ3n) is 6.76. The molecule has 0 bridgehead atoms. The highest BCUT2D eigenvalue weighted by molar-refractivity contribution is 7.99. The quantitative estimate of drug-likeness (QED) is 0.240. The zero-order valence-electron chi connectivity index (χ0n) is 21.8. The van der Waals surface area contributed by atoms with Gasteiger partial charge in [-0.25, -0.2) is 18.9 Å². The van der Waals surface area contributed by atoms with Crippen molar-refractivity contribution in [1.82, 2.24) is 19.6 Å². The van der Waals surface area contributed by atoms with E-state index in [1.807, 2.05) is 73.2 Å². The first-order valence-corrected chi connectivity index (χ1v) is 14.8. The van der Waals surface area contributed by atoms with Crippen LogP contribution in [-0.4, -0.2) is 56.6 Å². The van der Waals surface area contributed by atoms with Crippen molar-refractivity contribution >= 4 is 29.2 Å². The lowest BCUT2D eigenvalue weighted by molar-refractivity contribution is -0.0872. The van der Waals surface area contributed by atoms with E-state index in [0.29, 0.717) is 22.4 Å². The molecule has 2 aromatic carbocycles. The Labute approximate surface area is 234 Å². The molecule has 3 heterocycles. The molecule has 0 amide bonds. The Morgan fingerprint density at radius 3 is 2.33 bits per heavy atom. The van der Waals surface area contributed by atoms with Crippen molar-refractivity contribution in [2.24, 2.45) is 0 Å². The van der Waals surface area contributed by atoms with Crippen LogP contribution in [0.2, 0.25) is 0 Å². The van der Waals surface area contributed by atoms with Gasteiger partial charge in [-0.05, 0) is 30.6 Å². The second-order valence-electron chi connectivity index (χ2n) is 9.23. The fourth-order valence-electron chi connectivity index (χ4n) is 4.77. The Morgan fingerprint density at radius 2 is 1.72 bits per heavy atom. The molecule has 39 heavy (non-hydrogen) atoms. The molecule has 0 N–H and O–H groups in total. The van der Waals surface area contributed by atoms with Crippen LogP contribution in [0.4, 0.5) is 4.39 Å². The minimum atomic E-state index is -2.28. The summed E-state index contributed by atoms with van der Waals surface area (Å²) < 4.78 is 37.1.